The topological polar surface area (TPSA) is 87.7 Å². The van der Waals surface area contributed by atoms with Crippen LogP contribution in [0.15, 0.2) is 36.2 Å². The first-order chi connectivity index (χ1) is 10.6. The molecule has 1 aromatic rings. The van der Waals surface area contributed by atoms with Crippen molar-refractivity contribution in [3.05, 3.63) is 41.8 Å². The van der Waals surface area contributed by atoms with Gasteiger partial charge in [-0.05, 0) is 11.6 Å². The van der Waals surface area contributed by atoms with Crippen molar-refractivity contribution in [2.24, 2.45) is 5.41 Å². The molecule has 3 aliphatic rings. The minimum atomic E-state index is -1.47. The van der Waals surface area contributed by atoms with Gasteiger partial charge in [-0.25, -0.2) is 4.79 Å². The van der Waals surface area contributed by atoms with Gasteiger partial charge in [-0.2, -0.15) is 0 Å². The second-order valence-electron chi connectivity index (χ2n) is 5.47. The van der Waals surface area contributed by atoms with E-state index in [4.69, 9.17) is 4.74 Å². The first-order valence-electron chi connectivity index (χ1n) is 6.97. The van der Waals surface area contributed by atoms with Gasteiger partial charge in [-0.15, -0.1) is 0 Å². The second-order valence-corrected chi connectivity index (χ2v) is 5.47. The fourth-order valence-corrected chi connectivity index (χ4v) is 3.29. The molecule has 0 unspecified atom stereocenters. The predicted octanol–water partition coefficient (Wildman–Crippen LogP) is 0.273. The smallest absolute Gasteiger partial charge is 0.328 e. The lowest BCUT2D eigenvalue weighted by Crippen LogP contribution is -2.67. The highest BCUT2D eigenvalue weighted by Gasteiger charge is 2.58. The standard InChI is InChI=1S/C15H13N3O4/c19-12-15(13(20)17-14(21)16-12)7-9-3-1-2-4-10(9)18-5-6-22-8-11(15)18/h1-4,8H,5-7H2,(H2,16,17,19,20,21). The van der Waals surface area contributed by atoms with E-state index in [-0.39, 0.29) is 6.42 Å². The van der Waals surface area contributed by atoms with Crippen LogP contribution in [0.3, 0.4) is 0 Å². The van der Waals surface area contributed by atoms with Gasteiger partial charge in [-0.3, -0.25) is 20.2 Å². The lowest BCUT2D eigenvalue weighted by Gasteiger charge is -2.46. The maximum absolute atomic E-state index is 12.5. The van der Waals surface area contributed by atoms with Crippen molar-refractivity contribution in [3.63, 3.8) is 0 Å². The van der Waals surface area contributed by atoms with E-state index in [1.54, 1.807) is 0 Å². The number of nitrogens with one attached hydrogen (secondary N) is 2. The van der Waals surface area contributed by atoms with Crippen molar-refractivity contribution in [3.8, 4) is 0 Å². The van der Waals surface area contributed by atoms with E-state index in [0.717, 1.165) is 11.3 Å². The number of carbonyl (C=O) groups is 3. The fourth-order valence-electron chi connectivity index (χ4n) is 3.29. The van der Waals surface area contributed by atoms with Crippen molar-refractivity contribution in [2.45, 2.75) is 6.42 Å². The zero-order valence-electron chi connectivity index (χ0n) is 11.6. The number of rotatable bonds is 0. The number of barbiturate groups is 1. The number of anilines is 1. The molecule has 1 saturated heterocycles. The zero-order chi connectivity index (χ0) is 15.3. The minimum absolute atomic E-state index is 0.194. The molecular formula is C15H13N3O4. The van der Waals surface area contributed by atoms with E-state index in [1.165, 1.54) is 6.26 Å². The summed E-state index contributed by atoms with van der Waals surface area (Å²) in [5.41, 5.74) is 0.851. The highest BCUT2D eigenvalue weighted by molar-refractivity contribution is 6.22. The molecule has 7 nitrogen and oxygen atoms in total. The number of fused-ring (bicyclic) bond motifs is 4. The molecule has 1 fully saturated rings. The van der Waals surface area contributed by atoms with Crippen LogP contribution in [0, 0.1) is 5.41 Å². The lowest BCUT2D eigenvalue weighted by molar-refractivity contribution is -0.142. The van der Waals surface area contributed by atoms with Gasteiger partial charge in [0, 0.05) is 12.1 Å². The van der Waals surface area contributed by atoms with Gasteiger partial charge >= 0.3 is 6.03 Å². The summed E-state index contributed by atoms with van der Waals surface area (Å²) in [6, 6.07) is 6.83. The third-order valence-electron chi connectivity index (χ3n) is 4.32. The molecule has 3 aliphatic heterocycles. The Kier molecular flexibility index (Phi) is 2.53. The Morgan fingerprint density at radius 1 is 1.09 bits per heavy atom. The van der Waals surface area contributed by atoms with Crippen molar-refractivity contribution in [2.75, 3.05) is 18.1 Å². The fraction of sp³-hybridized carbons (Fsp3) is 0.267. The maximum atomic E-state index is 12.5. The Bertz CT molecular complexity index is 720. The third kappa shape index (κ3) is 1.53. The van der Waals surface area contributed by atoms with Crippen molar-refractivity contribution in [1.82, 2.24) is 10.6 Å². The van der Waals surface area contributed by atoms with Crippen LogP contribution in [0.4, 0.5) is 10.5 Å². The molecule has 0 aliphatic carbocycles. The van der Waals surface area contributed by atoms with Crippen LogP contribution in [0.1, 0.15) is 5.56 Å². The van der Waals surface area contributed by atoms with E-state index in [9.17, 15) is 14.4 Å². The molecule has 1 aromatic carbocycles. The molecular weight excluding hydrogens is 286 g/mol. The number of hydrogen-bond donors (Lipinski definition) is 2. The Balaban J connectivity index is 1.93. The number of amides is 4. The summed E-state index contributed by atoms with van der Waals surface area (Å²) in [5.74, 6) is -1.23. The number of benzene rings is 1. The summed E-state index contributed by atoms with van der Waals surface area (Å²) in [7, 11) is 0. The third-order valence-corrected chi connectivity index (χ3v) is 4.32. The quantitative estimate of drug-likeness (QED) is 0.672. The van der Waals surface area contributed by atoms with E-state index in [2.05, 4.69) is 10.6 Å². The summed E-state index contributed by atoms with van der Waals surface area (Å²) in [6.07, 6.45) is 1.65. The number of hydrogen-bond acceptors (Lipinski definition) is 5. The highest BCUT2D eigenvalue weighted by Crippen LogP contribution is 2.46. The van der Waals surface area contributed by atoms with Gasteiger partial charge in [0.05, 0.1) is 12.2 Å². The van der Waals surface area contributed by atoms with Crippen LogP contribution in [0.5, 0.6) is 0 Å². The summed E-state index contributed by atoms with van der Waals surface area (Å²) >= 11 is 0. The van der Waals surface area contributed by atoms with Crippen LogP contribution in [-0.4, -0.2) is 31.0 Å². The van der Waals surface area contributed by atoms with Crippen molar-refractivity contribution in [1.29, 1.82) is 0 Å². The number of para-hydroxylation sites is 1. The number of imide groups is 2. The molecule has 22 heavy (non-hydrogen) atoms. The number of urea groups is 1. The van der Waals surface area contributed by atoms with Gasteiger partial charge in [0.2, 0.25) is 11.8 Å². The molecule has 4 rings (SSSR count). The molecule has 1 spiro atoms. The highest BCUT2D eigenvalue weighted by atomic mass is 16.5. The molecule has 3 heterocycles. The van der Waals surface area contributed by atoms with Crippen molar-refractivity contribution < 1.29 is 19.1 Å². The maximum Gasteiger partial charge on any atom is 0.328 e. The SMILES string of the molecule is O=C1NC(=O)C2(Cc3ccccc3N3CCOC=C32)C(=O)N1. The molecule has 0 saturated carbocycles. The molecule has 0 radical (unpaired) electrons. The van der Waals surface area contributed by atoms with Crippen molar-refractivity contribution >= 4 is 23.5 Å². The largest absolute Gasteiger partial charge is 0.497 e. The Morgan fingerprint density at radius 3 is 2.59 bits per heavy atom. The van der Waals surface area contributed by atoms with E-state index < -0.39 is 23.3 Å². The summed E-state index contributed by atoms with van der Waals surface area (Å²) in [6.45, 7) is 1.01. The molecule has 0 bridgehead atoms. The average molecular weight is 299 g/mol. The lowest BCUT2D eigenvalue weighted by atomic mass is 9.72. The van der Waals surface area contributed by atoms with Gasteiger partial charge in [0.25, 0.3) is 0 Å². The van der Waals surface area contributed by atoms with Gasteiger partial charge in [-0.1, -0.05) is 18.2 Å². The average Bonchev–Trinajstić information content (AvgIpc) is 2.52. The minimum Gasteiger partial charge on any atom is -0.497 e. The van der Waals surface area contributed by atoms with E-state index in [0.29, 0.717) is 18.8 Å². The zero-order valence-corrected chi connectivity index (χ0v) is 11.6. The molecule has 112 valence electrons. The van der Waals surface area contributed by atoms with Crippen LogP contribution in [-0.2, 0) is 20.7 Å². The Labute approximate surface area is 125 Å². The van der Waals surface area contributed by atoms with Gasteiger partial charge < -0.3 is 9.64 Å². The van der Waals surface area contributed by atoms with E-state index in [1.807, 2.05) is 29.2 Å². The monoisotopic (exact) mass is 299 g/mol. The molecule has 7 heteroatoms. The molecule has 0 aromatic heterocycles. The van der Waals surface area contributed by atoms with E-state index >= 15 is 0 Å². The first kappa shape index (κ1) is 12.9. The summed E-state index contributed by atoms with van der Waals surface area (Å²) in [4.78, 5) is 38.4. The molecule has 0 atom stereocenters. The number of ether oxygens (including phenoxy) is 1. The number of carbonyl (C=O) groups excluding carboxylic acids is 3. The normalized spacial score (nSPS) is 22.1. The predicted molar refractivity (Wildman–Crippen MR) is 75.6 cm³/mol. The first-order valence-corrected chi connectivity index (χ1v) is 6.97. The van der Waals surface area contributed by atoms with Gasteiger partial charge in [0.1, 0.15) is 12.9 Å². The molecule has 4 amide bonds. The van der Waals surface area contributed by atoms with Crippen LogP contribution >= 0.6 is 0 Å². The van der Waals surface area contributed by atoms with Gasteiger partial charge in [0.15, 0.2) is 5.41 Å². The van der Waals surface area contributed by atoms with Crippen LogP contribution in [0.2, 0.25) is 0 Å². The second kappa shape index (κ2) is 4.33. The summed E-state index contributed by atoms with van der Waals surface area (Å²) in [5, 5.41) is 4.40. The van der Waals surface area contributed by atoms with Crippen LogP contribution in [0.25, 0.3) is 0 Å². The Morgan fingerprint density at radius 2 is 1.82 bits per heavy atom. The van der Waals surface area contributed by atoms with Crippen LogP contribution < -0.4 is 15.5 Å². The molecule has 2 N–H and O–H groups in total. The Hall–Kier alpha value is -2.83. The summed E-state index contributed by atoms with van der Waals surface area (Å²) < 4.78 is 5.36. The number of nitrogens with zero attached hydrogens (tertiary/aromatic N) is 1.